The van der Waals surface area contributed by atoms with E-state index in [1.807, 2.05) is 6.07 Å². The smallest absolute Gasteiger partial charge is 0.224 e. The summed E-state index contributed by atoms with van der Waals surface area (Å²) in [4.78, 5) is 11.3. The molecule has 0 fully saturated rings. The van der Waals surface area contributed by atoms with Crippen LogP contribution in [0, 0.1) is 5.92 Å². The van der Waals surface area contributed by atoms with Crippen LogP contribution in [-0.4, -0.2) is 12.5 Å². The zero-order chi connectivity index (χ0) is 13.1. The lowest BCUT2D eigenvalue weighted by atomic mass is 10.0. The largest absolute Gasteiger partial charge is 0.397 e. The number of nitrogen functional groups attached to an aromatic ring is 1. The van der Waals surface area contributed by atoms with Crippen molar-refractivity contribution in [1.82, 2.24) is 0 Å². The third-order valence-corrected chi connectivity index (χ3v) is 3.51. The van der Waals surface area contributed by atoms with E-state index in [1.165, 1.54) is 0 Å². The number of hydrogen-bond acceptors (Lipinski definition) is 3. The average Bonchev–Trinajstić information content (AvgIpc) is 2.35. The molecule has 0 spiro atoms. The van der Waals surface area contributed by atoms with Crippen molar-refractivity contribution in [3.05, 3.63) is 17.7 Å². The number of fused-ring (bicyclic) bond motifs is 1. The van der Waals surface area contributed by atoms with Gasteiger partial charge >= 0.3 is 0 Å². The Morgan fingerprint density at radius 3 is 2.94 bits per heavy atom. The van der Waals surface area contributed by atoms with Crippen LogP contribution in [0.1, 0.15) is 32.3 Å². The molecule has 4 heteroatoms. The van der Waals surface area contributed by atoms with E-state index in [2.05, 4.69) is 30.5 Å². The highest BCUT2D eigenvalue weighted by Crippen LogP contribution is 2.31. The molecule has 1 atom stereocenters. The molecular formula is C14H21N3O. The van der Waals surface area contributed by atoms with Gasteiger partial charge in [-0.2, -0.15) is 0 Å². The van der Waals surface area contributed by atoms with Crippen molar-refractivity contribution in [3.63, 3.8) is 0 Å². The number of hydrogen-bond donors (Lipinski definition) is 3. The van der Waals surface area contributed by atoms with Crippen LogP contribution < -0.4 is 16.4 Å². The molecule has 0 bridgehead atoms. The average molecular weight is 247 g/mol. The lowest BCUT2D eigenvalue weighted by Gasteiger charge is -2.20. The van der Waals surface area contributed by atoms with Gasteiger partial charge in [0.05, 0.1) is 11.4 Å². The van der Waals surface area contributed by atoms with Gasteiger partial charge in [-0.1, -0.05) is 20.3 Å². The number of carbonyl (C=O) groups is 1. The first-order chi connectivity index (χ1) is 8.60. The summed E-state index contributed by atoms with van der Waals surface area (Å²) < 4.78 is 0. The van der Waals surface area contributed by atoms with Crippen LogP contribution in [0.5, 0.6) is 0 Å². The highest BCUT2D eigenvalue weighted by atomic mass is 16.1. The summed E-state index contributed by atoms with van der Waals surface area (Å²) in [5, 5.41) is 6.24. The molecule has 0 aliphatic carbocycles. The molecule has 18 heavy (non-hydrogen) atoms. The molecule has 1 amide bonds. The van der Waals surface area contributed by atoms with Gasteiger partial charge in [0.25, 0.3) is 0 Å². The zero-order valence-electron chi connectivity index (χ0n) is 11.0. The second-order valence-electron chi connectivity index (χ2n) is 5.04. The number of anilines is 3. The lowest BCUT2D eigenvalue weighted by Crippen LogP contribution is -2.20. The van der Waals surface area contributed by atoms with E-state index >= 15 is 0 Å². The van der Waals surface area contributed by atoms with Gasteiger partial charge in [0.2, 0.25) is 5.91 Å². The van der Waals surface area contributed by atoms with Gasteiger partial charge in [-0.25, -0.2) is 0 Å². The standard InChI is InChI=1S/C14H21N3O/c1-3-9(2)8-16-13-6-10-4-5-14(18)17-12(10)7-11(13)15/h6-7,9,16H,3-5,8,15H2,1-2H3,(H,17,18). The lowest BCUT2D eigenvalue weighted by molar-refractivity contribution is -0.116. The zero-order valence-corrected chi connectivity index (χ0v) is 11.0. The molecular weight excluding hydrogens is 226 g/mol. The Morgan fingerprint density at radius 2 is 2.22 bits per heavy atom. The van der Waals surface area contributed by atoms with Gasteiger partial charge in [0, 0.05) is 18.7 Å². The normalized spacial score (nSPS) is 15.8. The molecule has 4 N–H and O–H groups in total. The summed E-state index contributed by atoms with van der Waals surface area (Å²) in [6.45, 7) is 5.31. The van der Waals surface area contributed by atoms with Gasteiger partial charge in [0.1, 0.15) is 0 Å². The van der Waals surface area contributed by atoms with Crippen molar-refractivity contribution >= 4 is 23.0 Å². The second kappa shape index (κ2) is 5.29. The number of carbonyl (C=O) groups excluding carboxylic acids is 1. The van der Waals surface area contributed by atoms with Crippen LogP contribution in [0.15, 0.2) is 12.1 Å². The monoisotopic (exact) mass is 247 g/mol. The fourth-order valence-corrected chi connectivity index (χ4v) is 2.03. The third-order valence-electron chi connectivity index (χ3n) is 3.51. The van der Waals surface area contributed by atoms with E-state index in [4.69, 9.17) is 5.73 Å². The predicted molar refractivity (Wildman–Crippen MR) is 75.7 cm³/mol. The predicted octanol–water partition coefficient (Wildman–Crippen LogP) is 2.61. The highest BCUT2D eigenvalue weighted by Gasteiger charge is 2.16. The first-order valence-electron chi connectivity index (χ1n) is 6.56. The van der Waals surface area contributed by atoms with Gasteiger partial charge in [0.15, 0.2) is 0 Å². The SMILES string of the molecule is CCC(C)CNc1cc2c(cc1N)NC(=O)CC2. The number of rotatable bonds is 4. The van der Waals surface area contributed by atoms with Gasteiger partial charge < -0.3 is 16.4 Å². The molecule has 2 rings (SSSR count). The van der Waals surface area contributed by atoms with Crippen LogP contribution in [0.4, 0.5) is 17.1 Å². The quantitative estimate of drug-likeness (QED) is 0.716. The third kappa shape index (κ3) is 2.75. The van der Waals surface area contributed by atoms with Crippen molar-refractivity contribution in [2.75, 3.05) is 22.9 Å². The van der Waals surface area contributed by atoms with Crippen molar-refractivity contribution in [1.29, 1.82) is 0 Å². The molecule has 1 unspecified atom stereocenters. The summed E-state index contributed by atoms with van der Waals surface area (Å²) in [6, 6.07) is 3.91. The molecule has 1 aliphatic rings. The van der Waals surface area contributed by atoms with E-state index in [0.717, 1.165) is 36.3 Å². The Balaban J connectivity index is 2.15. The minimum Gasteiger partial charge on any atom is -0.397 e. The fraction of sp³-hybridized carbons (Fsp3) is 0.500. The molecule has 0 saturated heterocycles. The molecule has 0 aromatic heterocycles. The van der Waals surface area contributed by atoms with Crippen molar-refractivity contribution in [2.24, 2.45) is 5.92 Å². The minimum atomic E-state index is 0.0715. The van der Waals surface area contributed by atoms with E-state index in [1.54, 1.807) is 0 Å². The van der Waals surface area contributed by atoms with Crippen LogP contribution in [0.2, 0.25) is 0 Å². The van der Waals surface area contributed by atoms with Crippen molar-refractivity contribution < 1.29 is 4.79 Å². The Labute approximate surface area is 108 Å². The van der Waals surface area contributed by atoms with E-state index in [0.29, 0.717) is 18.0 Å². The van der Waals surface area contributed by atoms with Crippen LogP contribution in [0.25, 0.3) is 0 Å². The minimum absolute atomic E-state index is 0.0715. The molecule has 0 radical (unpaired) electrons. The fourth-order valence-electron chi connectivity index (χ4n) is 2.03. The Hall–Kier alpha value is -1.71. The number of benzene rings is 1. The number of nitrogens with two attached hydrogens (primary N) is 1. The van der Waals surface area contributed by atoms with Crippen molar-refractivity contribution in [2.45, 2.75) is 33.1 Å². The summed E-state index contributed by atoms with van der Waals surface area (Å²) in [5.74, 6) is 0.697. The maximum absolute atomic E-state index is 11.3. The summed E-state index contributed by atoms with van der Waals surface area (Å²) in [5.41, 5.74) is 9.70. The molecule has 1 aromatic rings. The highest BCUT2D eigenvalue weighted by molar-refractivity contribution is 5.95. The molecule has 0 saturated carbocycles. The molecule has 1 aromatic carbocycles. The molecule has 98 valence electrons. The molecule has 1 aliphatic heterocycles. The van der Waals surface area contributed by atoms with Gasteiger partial charge in [-0.05, 0) is 30.0 Å². The number of amides is 1. The van der Waals surface area contributed by atoms with E-state index in [9.17, 15) is 4.79 Å². The topological polar surface area (TPSA) is 67.2 Å². The van der Waals surface area contributed by atoms with Gasteiger partial charge in [-0.15, -0.1) is 0 Å². The van der Waals surface area contributed by atoms with Crippen LogP contribution in [0.3, 0.4) is 0 Å². The maximum atomic E-state index is 11.3. The summed E-state index contributed by atoms with van der Waals surface area (Å²) in [7, 11) is 0. The Morgan fingerprint density at radius 1 is 1.44 bits per heavy atom. The number of aryl methyl sites for hydroxylation is 1. The Bertz CT molecular complexity index is 457. The van der Waals surface area contributed by atoms with Crippen molar-refractivity contribution in [3.8, 4) is 0 Å². The molecule has 1 heterocycles. The first kappa shape index (κ1) is 12.7. The Kier molecular flexibility index (Phi) is 3.75. The maximum Gasteiger partial charge on any atom is 0.224 e. The van der Waals surface area contributed by atoms with E-state index < -0.39 is 0 Å². The number of nitrogens with one attached hydrogen (secondary N) is 2. The second-order valence-corrected chi connectivity index (χ2v) is 5.04. The van der Waals surface area contributed by atoms with Crippen LogP contribution >= 0.6 is 0 Å². The first-order valence-corrected chi connectivity index (χ1v) is 6.56. The van der Waals surface area contributed by atoms with Crippen LogP contribution in [-0.2, 0) is 11.2 Å². The summed E-state index contributed by atoms with van der Waals surface area (Å²) in [6.07, 6.45) is 2.50. The summed E-state index contributed by atoms with van der Waals surface area (Å²) >= 11 is 0. The van der Waals surface area contributed by atoms with Gasteiger partial charge in [-0.3, -0.25) is 4.79 Å². The van der Waals surface area contributed by atoms with E-state index in [-0.39, 0.29) is 5.91 Å². The molecule has 4 nitrogen and oxygen atoms in total.